The molecule has 204 valence electrons. The van der Waals surface area contributed by atoms with Crippen LogP contribution in [0.2, 0.25) is 0 Å². The highest BCUT2D eigenvalue weighted by molar-refractivity contribution is 5.94. The van der Waals surface area contributed by atoms with E-state index in [1.165, 1.54) is 28.1 Å². The lowest BCUT2D eigenvalue weighted by molar-refractivity contribution is -0.132. The Kier molecular flexibility index (Phi) is 14.3. The Morgan fingerprint density at radius 3 is 2.24 bits per heavy atom. The van der Waals surface area contributed by atoms with Crippen molar-refractivity contribution in [1.82, 2.24) is 15.1 Å². The Labute approximate surface area is 224 Å². The second-order valence-electron chi connectivity index (χ2n) is 8.93. The Morgan fingerprint density at radius 1 is 1.08 bits per heavy atom. The van der Waals surface area contributed by atoms with Crippen LogP contribution in [0.4, 0.5) is 0 Å². The van der Waals surface area contributed by atoms with Gasteiger partial charge >= 0.3 is 0 Å². The molecule has 2 heterocycles. The van der Waals surface area contributed by atoms with E-state index in [2.05, 4.69) is 69.3 Å². The van der Waals surface area contributed by atoms with Gasteiger partial charge < -0.3 is 19.9 Å². The molecular formula is C31H47N3O3. The Balaban J connectivity index is 0.000000519. The van der Waals surface area contributed by atoms with Gasteiger partial charge in [-0.2, -0.15) is 0 Å². The summed E-state index contributed by atoms with van der Waals surface area (Å²) in [7, 11) is 1.66. The number of hydrogen-bond donors (Lipinski definition) is 1. The summed E-state index contributed by atoms with van der Waals surface area (Å²) in [4.78, 5) is 26.6. The van der Waals surface area contributed by atoms with Crippen molar-refractivity contribution in [2.75, 3.05) is 33.4 Å². The van der Waals surface area contributed by atoms with Crippen molar-refractivity contribution in [2.24, 2.45) is 0 Å². The number of carbonyl (C=O) groups excluding carboxylic acids is 2. The SMILES string of the molecule is CC.CC(=O)N1CCOCC1.CCC/C=C1\C=C(C)C=CN1/C(C)=C(\C)c1ccc(C(=O)NC)cc1C. The summed E-state index contributed by atoms with van der Waals surface area (Å²) in [5.74, 6) is 0.0978. The van der Waals surface area contributed by atoms with Gasteiger partial charge in [0.25, 0.3) is 5.91 Å². The van der Waals surface area contributed by atoms with E-state index in [9.17, 15) is 9.59 Å². The second kappa shape index (κ2) is 16.6. The monoisotopic (exact) mass is 509 g/mol. The highest BCUT2D eigenvalue weighted by atomic mass is 16.5. The molecule has 1 N–H and O–H groups in total. The largest absolute Gasteiger partial charge is 0.378 e. The number of allylic oxidation sites excluding steroid dienone is 6. The van der Waals surface area contributed by atoms with E-state index in [1.54, 1.807) is 18.9 Å². The molecule has 0 spiro atoms. The first-order valence-electron chi connectivity index (χ1n) is 13.4. The zero-order valence-electron chi connectivity index (χ0n) is 24.4. The van der Waals surface area contributed by atoms with Crippen molar-refractivity contribution in [3.8, 4) is 0 Å². The molecule has 2 aliphatic rings. The lowest BCUT2D eigenvalue weighted by atomic mass is 9.97. The van der Waals surface area contributed by atoms with Gasteiger partial charge in [-0.1, -0.05) is 39.3 Å². The van der Waals surface area contributed by atoms with Crippen molar-refractivity contribution >= 4 is 17.4 Å². The van der Waals surface area contributed by atoms with Crippen molar-refractivity contribution in [3.05, 3.63) is 76.3 Å². The molecule has 1 aromatic rings. The molecule has 0 unspecified atom stereocenters. The summed E-state index contributed by atoms with van der Waals surface area (Å²) in [6, 6.07) is 5.89. The van der Waals surface area contributed by atoms with Crippen LogP contribution in [0.3, 0.4) is 0 Å². The van der Waals surface area contributed by atoms with Gasteiger partial charge in [-0.3, -0.25) is 9.59 Å². The van der Waals surface area contributed by atoms with Crippen molar-refractivity contribution in [3.63, 3.8) is 0 Å². The van der Waals surface area contributed by atoms with Gasteiger partial charge in [0.2, 0.25) is 5.91 Å². The lowest BCUT2D eigenvalue weighted by Gasteiger charge is -2.28. The zero-order valence-corrected chi connectivity index (χ0v) is 24.4. The number of benzene rings is 1. The maximum Gasteiger partial charge on any atom is 0.251 e. The molecule has 1 saturated heterocycles. The van der Waals surface area contributed by atoms with Crippen LogP contribution in [0.5, 0.6) is 0 Å². The van der Waals surface area contributed by atoms with E-state index >= 15 is 0 Å². The molecule has 1 fully saturated rings. The molecular weight excluding hydrogens is 462 g/mol. The molecule has 6 nitrogen and oxygen atoms in total. The van der Waals surface area contributed by atoms with Gasteiger partial charge in [0.15, 0.2) is 0 Å². The summed E-state index contributed by atoms with van der Waals surface area (Å²) >= 11 is 0. The molecule has 0 aliphatic carbocycles. The number of morpholine rings is 1. The van der Waals surface area contributed by atoms with E-state index in [-0.39, 0.29) is 11.8 Å². The first-order valence-corrected chi connectivity index (χ1v) is 13.4. The average Bonchev–Trinajstić information content (AvgIpc) is 2.92. The number of nitrogens with zero attached hydrogens (tertiary/aromatic N) is 2. The van der Waals surface area contributed by atoms with Crippen molar-refractivity contribution in [2.45, 2.75) is 68.2 Å². The summed E-state index contributed by atoms with van der Waals surface area (Å²) in [6.45, 7) is 19.2. The van der Waals surface area contributed by atoms with Crippen LogP contribution in [-0.2, 0) is 9.53 Å². The summed E-state index contributed by atoms with van der Waals surface area (Å²) in [5, 5.41) is 2.68. The lowest BCUT2D eigenvalue weighted by Crippen LogP contribution is -2.39. The fourth-order valence-electron chi connectivity index (χ4n) is 4.01. The first-order chi connectivity index (χ1) is 17.7. The summed E-state index contributed by atoms with van der Waals surface area (Å²) in [6.07, 6.45) is 11.0. The van der Waals surface area contributed by atoms with Gasteiger partial charge in [-0.15, -0.1) is 0 Å². The quantitative estimate of drug-likeness (QED) is 0.495. The number of amides is 2. The van der Waals surface area contributed by atoms with Gasteiger partial charge in [0.1, 0.15) is 0 Å². The molecule has 2 amide bonds. The summed E-state index contributed by atoms with van der Waals surface area (Å²) < 4.78 is 5.06. The molecule has 0 atom stereocenters. The third-order valence-electron chi connectivity index (χ3n) is 6.26. The molecule has 0 saturated carbocycles. The van der Waals surface area contributed by atoms with Gasteiger partial charge in [-0.25, -0.2) is 0 Å². The Hall–Kier alpha value is -3.12. The second-order valence-corrected chi connectivity index (χ2v) is 8.93. The topological polar surface area (TPSA) is 61.9 Å². The minimum atomic E-state index is -0.0534. The fourth-order valence-corrected chi connectivity index (χ4v) is 4.01. The molecule has 1 aromatic carbocycles. The number of unbranched alkanes of at least 4 members (excludes halogenated alkanes) is 1. The van der Waals surface area contributed by atoms with E-state index in [4.69, 9.17) is 4.74 Å². The van der Waals surface area contributed by atoms with Crippen LogP contribution in [-0.4, -0.2) is 55.0 Å². The Morgan fingerprint density at radius 2 is 1.73 bits per heavy atom. The van der Waals surface area contributed by atoms with Crippen molar-refractivity contribution in [1.29, 1.82) is 0 Å². The van der Waals surface area contributed by atoms with Crippen LogP contribution in [0.25, 0.3) is 5.57 Å². The van der Waals surface area contributed by atoms with Crippen LogP contribution in [0, 0.1) is 6.92 Å². The summed E-state index contributed by atoms with van der Waals surface area (Å²) in [5.41, 5.74) is 7.87. The minimum absolute atomic E-state index is 0.0534. The first kappa shape index (κ1) is 31.9. The predicted molar refractivity (Wildman–Crippen MR) is 155 cm³/mol. The zero-order chi connectivity index (χ0) is 28.0. The fraction of sp³-hybridized carbons (Fsp3) is 0.484. The molecule has 37 heavy (non-hydrogen) atoms. The van der Waals surface area contributed by atoms with Crippen LogP contribution < -0.4 is 5.32 Å². The number of hydrogen-bond acceptors (Lipinski definition) is 4. The van der Waals surface area contributed by atoms with Crippen LogP contribution in [0.15, 0.2) is 59.6 Å². The number of aryl methyl sites for hydroxylation is 1. The number of ether oxygens (including phenoxy) is 1. The van der Waals surface area contributed by atoms with Crippen LogP contribution in [0.1, 0.15) is 82.8 Å². The highest BCUT2D eigenvalue weighted by Crippen LogP contribution is 2.29. The molecule has 3 rings (SSSR count). The molecule has 0 radical (unpaired) electrons. The third-order valence-corrected chi connectivity index (χ3v) is 6.26. The average molecular weight is 510 g/mol. The molecule has 6 heteroatoms. The van der Waals surface area contributed by atoms with E-state index in [0.717, 1.165) is 31.5 Å². The molecule has 0 aromatic heterocycles. The standard InChI is InChI=1S/C23H30N2O.C6H11NO2.C2H6/c1-7-8-9-21-14-16(2)12-13-25(21)19(5)18(4)22-11-10-20(15-17(22)3)23(26)24-6;1-6(8)7-2-4-9-5-3-7;1-2/h9-15H,7-8H2,1-6H3,(H,24,26);2-5H2,1H3;1-2H3/b19-18+,21-9+;;. The van der Waals surface area contributed by atoms with E-state index in [0.29, 0.717) is 18.8 Å². The number of nitrogens with one attached hydrogen (secondary N) is 1. The van der Waals surface area contributed by atoms with E-state index in [1.807, 2.05) is 32.0 Å². The third kappa shape index (κ3) is 9.69. The molecule has 0 bridgehead atoms. The van der Waals surface area contributed by atoms with Gasteiger partial charge in [0.05, 0.1) is 13.2 Å². The maximum atomic E-state index is 11.8. The highest BCUT2D eigenvalue weighted by Gasteiger charge is 2.15. The number of carbonyl (C=O) groups is 2. The van der Waals surface area contributed by atoms with Crippen LogP contribution >= 0.6 is 0 Å². The van der Waals surface area contributed by atoms with E-state index < -0.39 is 0 Å². The van der Waals surface area contributed by atoms with Gasteiger partial charge in [0, 0.05) is 50.2 Å². The Bertz CT molecular complexity index is 1030. The van der Waals surface area contributed by atoms with Gasteiger partial charge in [-0.05, 0) is 80.7 Å². The maximum absolute atomic E-state index is 11.8. The molecule has 2 aliphatic heterocycles. The van der Waals surface area contributed by atoms with Crippen molar-refractivity contribution < 1.29 is 14.3 Å². The smallest absolute Gasteiger partial charge is 0.251 e. The normalized spacial score (nSPS) is 16.6. The predicted octanol–water partition coefficient (Wildman–Crippen LogP) is 6.46. The number of rotatable bonds is 5. The minimum Gasteiger partial charge on any atom is -0.378 e.